The molecule has 0 aliphatic carbocycles. The van der Waals surface area contributed by atoms with Crippen LogP contribution in [0.1, 0.15) is 11.6 Å². The van der Waals surface area contributed by atoms with Gasteiger partial charge in [-0.15, -0.1) is 11.8 Å². The standard InChI is InChI=1S/C15H15BrFNOS/c1-19-15-7-4-11(17)8-13(15)14(18)9-20-12-5-2-10(16)3-6-12/h2-8,14H,9,18H2,1H3. The van der Waals surface area contributed by atoms with Crippen LogP contribution in [0.5, 0.6) is 5.75 Å². The number of rotatable bonds is 5. The van der Waals surface area contributed by atoms with Crippen LogP contribution in [-0.4, -0.2) is 12.9 Å². The first kappa shape index (κ1) is 15.4. The lowest BCUT2D eigenvalue weighted by Crippen LogP contribution is -2.14. The Morgan fingerprint density at radius 1 is 1.25 bits per heavy atom. The van der Waals surface area contributed by atoms with Crippen molar-refractivity contribution < 1.29 is 9.13 Å². The minimum atomic E-state index is -0.301. The molecule has 0 saturated heterocycles. The van der Waals surface area contributed by atoms with Crippen LogP contribution in [0.25, 0.3) is 0 Å². The summed E-state index contributed by atoms with van der Waals surface area (Å²) in [4.78, 5) is 1.12. The third kappa shape index (κ3) is 3.98. The summed E-state index contributed by atoms with van der Waals surface area (Å²) in [6.07, 6.45) is 0. The molecule has 2 aromatic rings. The Morgan fingerprint density at radius 2 is 1.95 bits per heavy atom. The molecule has 0 spiro atoms. The third-order valence-corrected chi connectivity index (χ3v) is 4.49. The van der Waals surface area contributed by atoms with E-state index < -0.39 is 0 Å². The van der Waals surface area contributed by atoms with E-state index in [1.54, 1.807) is 24.9 Å². The fraction of sp³-hybridized carbons (Fsp3) is 0.200. The minimum Gasteiger partial charge on any atom is -0.496 e. The number of halogens is 2. The summed E-state index contributed by atoms with van der Waals surface area (Å²) in [5, 5.41) is 0. The van der Waals surface area contributed by atoms with Gasteiger partial charge in [-0.1, -0.05) is 15.9 Å². The zero-order valence-corrected chi connectivity index (χ0v) is 13.4. The second kappa shape index (κ2) is 7.11. The normalized spacial score (nSPS) is 12.2. The molecule has 0 radical (unpaired) electrons. The van der Waals surface area contributed by atoms with Crippen molar-refractivity contribution in [2.45, 2.75) is 10.9 Å². The molecule has 0 amide bonds. The van der Waals surface area contributed by atoms with E-state index in [9.17, 15) is 4.39 Å². The second-order valence-electron chi connectivity index (χ2n) is 4.26. The molecule has 5 heteroatoms. The molecule has 2 N–H and O–H groups in total. The van der Waals surface area contributed by atoms with Gasteiger partial charge in [0.25, 0.3) is 0 Å². The van der Waals surface area contributed by atoms with Crippen molar-refractivity contribution in [3.63, 3.8) is 0 Å². The number of nitrogens with two attached hydrogens (primary N) is 1. The maximum Gasteiger partial charge on any atom is 0.123 e. The van der Waals surface area contributed by atoms with E-state index in [1.165, 1.54) is 12.1 Å². The Kier molecular flexibility index (Phi) is 5.46. The fourth-order valence-corrected chi connectivity index (χ4v) is 2.95. The van der Waals surface area contributed by atoms with Gasteiger partial charge in [0.15, 0.2) is 0 Å². The quantitative estimate of drug-likeness (QED) is 0.807. The summed E-state index contributed by atoms with van der Waals surface area (Å²) in [6, 6.07) is 12.1. The van der Waals surface area contributed by atoms with Crippen molar-refractivity contribution in [1.82, 2.24) is 0 Å². The number of benzene rings is 2. The summed E-state index contributed by atoms with van der Waals surface area (Å²) in [6.45, 7) is 0. The van der Waals surface area contributed by atoms with Gasteiger partial charge < -0.3 is 10.5 Å². The Balaban J connectivity index is 2.06. The maximum absolute atomic E-state index is 13.3. The van der Waals surface area contributed by atoms with Crippen molar-refractivity contribution in [3.8, 4) is 5.75 Å². The molecule has 0 aliphatic heterocycles. The smallest absolute Gasteiger partial charge is 0.123 e. The van der Waals surface area contributed by atoms with Crippen LogP contribution in [0.3, 0.4) is 0 Å². The first-order valence-electron chi connectivity index (χ1n) is 6.07. The number of hydrogen-bond donors (Lipinski definition) is 1. The zero-order valence-electron chi connectivity index (χ0n) is 11.0. The van der Waals surface area contributed by atoms with Gasteiger partial charge in [-0.05, 0) is 42.5 Å². The fourth-order valence-electron chi connectivity index (χ4n) is 1.80. The highest BCUT2D eigenvalue weighted by Gasteiger charge is 2.13. The van der Waals surface area contributed by atoms with E-state index in [1.807, 2.05) is 24.3 Å². The maximum atomic E-state index is 13.3. The molecule has 0 saturated carbocycles. The van der Waals surface area contributed by atoms with Gasteiger partial charge >= 0.3 is 0 Å². The molecular weight excluding hydrogens is 341 g/mol. The summed E-state index contributed by atoms with van der Waals surface area (Å²) in [5.74, 6) is 0.974. The van der Waals surface area contributed by atoms with Crippen molar-refractivity contribution in [2.75, 3.05) is 12.9 Å². The van der Waals surface area contributed by atoms with Crippen molar-refractivity contribution in [3.05, 3.63) is 58.3 Å². The number of thioether (sulfide) groups is 1. The minimum absolute atomic E-state index is 0.283. The highest BCUT2D eigenvalue weighted by atomic mass is 79.9. The average molecular weight is 356 g/mol. The molecule has 2 rings (SSSR count). The number of methoxy groups -OCH3 is 1. The van der Waals surface area contributed by atoms with Crippen LogP contribution in [0.4, 0.5) is 4.39 Å². The third-order valence-electron chi connectivity index (χ3n) is 2.83. The Morgan fingerprint density at radius 3 is 2.60 bits per heavy atom. The molecule has 0 aromatic heterocycles. The molecule has 0 aliphatic rings. The second-order valence-corrected chi connectivity index (χ2v) is 6.27. The first-order chi connectivity index (χ1) is 9.60. The van der Waals surface area contributed by atoms with Crippen molar-refractivity contribution in [1.29, 1.82) is 0 Å². The Labute approximate surface area is 130 Å². The number of hydrogen-bond acceptors (Lipinski definition) is 3. The molecule has 2 aromatic carbocycles. The van der Waals surface area contributed by atoms with Crippen LogP contribution in [0.15, 0.2) is 51.8 Å². The van der Waals surface area contributed by atoms with E-state index in [-0.39, 0.29) is 11.9 Å². The van der Waals surface area contributed by atoms with Gasteiger partial charge in [-0.25, -0.2) is 4.39 Å². The molecule has 106 valence electrons. The molecule has 2 nitrogen and oxygen atoms in total. The largest absolute Gasteiger partial charge is 0.496 e. The number of ether oxygens (including phenoxy) is 1. The SMILES string of the molecule is COc1ccc(F)cc1C(N)CSc1ccc(Br)cc1. The highest BCUT2D eigenvalue weighted by molar-refractivity contribution is 9.10. The van der Waals surface area contributed by atoms with E-state index in [4.69, 9.17) is 10.5 Å². The van der Waals surface area contributed by atoms with Crippen molar-refractivity contribution >= 4 is 27.7 Å². The molecule has 1 unspecified atom stereocenters. The van der Waals surface area contributed by atoms with Gasteiger partial charge in [0.2, 0.25) is 0 Å². The van der Waals surface area contributed by atoms with E-state index >= 15 is 0 Å². The monoisotopic (exact) mass is 355 g/mol. The molecule has 0 bridgehead atoms. The van der Waals surface area contributed by atoms with Crippen LogP contribution < -0.4 is 10.5 Å². The zero-order chi connectivity index (χ0) is 14.5. The summed E-state index contributed by atoms with van der Waals surface area (Å²) < 4.78 is 19.6. The predicted octanol–water partition coefficient (Wildman–Crippen LogP) is 4.39. The van der Waals surface area contributed by atoms with Crippen molar-refractivity contribution in [2.24, 2.45) is 5.73 Å². The topological polar surface area (TPSA) is 35.2 Å². The highest BCUT2D eigenvalue weighted by Crippen LogP contribution is 2.29. The summed E-state index contributed by atoms with van der Waals surface area (Å²) in [7, 11) is 1.56. The molecular formula is C15H15BrFNOS. The van der Waals surface area contributed by atoms with Crippen LogP contribution >= 0.6 is 27.7 Å². The van der Waals surface area contributed by atoms with Gasteiger partial charge in [0.1, 0.15) is 11.6 Å². The van der Waals surface area contributed by atoms with E-state index in [2.05, 4.69) is 15.9 Å². The van der Waals surface area contributed by atoms with Gasteiger partial charge in [0, 0.05) is 26.7 Å². The Bertz CT molecular complexity index is 577. The average Bonchev–Trinajstić information content (AvgIpc) is 2.46. The first-order valence-corrected chi connectivity index (χ1v) is 7.85. The van der Waals surface area contributed by atoms with E-state index in [0.717, 1.165) is 9.37 Å². The molecule has 0 heterocycles. The summed E-state index contributed by atoms with van der Waals surface area (Å²) in [5.41, 5.74) is 6.83. The molecule has 0 fully saturated rings. The van der Waals surface area contributed by atoms with E-state index in [0.29, 0.717) is 17.1 Å². The summed E-state index contributed by atoms with van der Waals surface area (Å²) >= 11 is 5.03. The molecule has 1 atom stereocenters. The lowest BCUT2D eigenvalue weighted by molar-refractivity contribution is 0.405. The van der Waals surface area contributed by atoms with Gasteiger partial charge in [0.05, 0.1) is 7.11 Å². The predicted molar refractivity (Wildman–Crippen MR) is 84.7 cm³/mol. The molecule has 20 heavy (non-hydrogen) atoms. The lowest BCUT2D eigenvalue weighted by atomic mass is 10.1. The lowest BCUT2D eigenvalue weighted by Gasteiger charge is -2.15. The van der Waals surface area contributed by atoms with Gasteiger partial charge in [-0.2, -0.15) is 0 Å². The van der Waals surface area contributed by atoms with Crippen LogP contribution in [-0.2, 0) is 0 Å². The van der Waals surface area contributed by atoms with Crippen LogP contribution in [0, 0.1) is 5.82 Å². The van der Waals surface area contributed by atoms with Crippen LogP contribution in [0.2, 0.25) is 0 Å². The van der Waals surface area contributed by atoms with Gasteiger partial charge in [-0.3, -0.25) is 0 Å². The Hall–Kier alpha value is -1.04.